The van der Waals surface area contributed by atoms with E-state index < -0.39 is 17.1 Å². The van der Waals surface area contributed by atoms with Crippen LogP contribution in [-0.2, 0) is 14.3 Å². The van der Waals surface area contributed by atoms with Gasteiger partial charge in [-0.25, -0.2) is 4.79 Å². The van der Waals surface area contributed by atoms with Crippen molar-refractivity contribution >= 4 is 40.2 Å². The average molecular weight is 554 g/mol. The molecule has 1 unspecified atom stereocenters. The number of nitrogens with one attached hydrogen (secondary N) is 2. The number of rotatable bonds is 4. The van der Waals surface area contributed by atoms with Crippen LogP contribution in [0, 0.1) is 5.41 Å². The van der Waals surface area contributed by atoms with Crippen LogP contribution in [0.5, 0.6) is 0 Å². The Labute approximate surface area is 232 Å². The average Bonchev–Trinajstić information content (AvgIpc) is 3.42. The van der Waals surface area contributed by atoms with Crippen LogP contribution in [0.1, 0.15) is 63.2 Å². The summed E-state index contributed by atoms with van der Waals surface area (Å²) in [6, 6.07) is 7.62. The first-order valence-corrected chi connectivity index (χ1v) is 14.3. The fourth-order valence-corrected chi connectivity index (χ4v) is 6.79. The monoisotopic (exact) mass is 553 g/mol. The molecular weight excluding hydrogens is 518 g/mol. The van der Waals surface area contributed by atoms with Gasteiger partial charge in [-0.3, -0.25) is 34.9 Å². The molecule has 3 aliphatic rings. The van der Waals surface area contributed by atoms with Crippen LogP contribution in [0.25, 0.3) is 10.6 Å². The van der Waals surface area contributed by atoms with Crippen molar-refractivity contribution in [3.05, 3.63) is 36.0 Å². The fraction of sp³-hybridized carbons (Fsp3) is 0.536. The number of carbonyl (C=O) groups is 4. The molecule has 4 amide bonds. The van der Waals surface area contributed by atoms with E-state index in [1.807, 2.05) is 23.1 Å². The molecule has 11 heteroatoms. The number of piperidine rings is 2. The first-order valence-electron chi connectivity index (χ1n) is 13.5. The van der Waals surface area contributed by atoms with Crippen molar-refractivity contribution in [2.45, 2.75) is 64.5 Å². The zero-order chi connectivity index (χ0) is 27.8. The second-order valence-electron chi connectivity index (χ2n) is 11.6. The highest BCUT2D eigenvalue weighted by atomic mass is 32.1. The summed E-state index contributed by atoms with van der Waals surface area (Å²) in [6.45, 7) is 7.99. The van der Waals surface area contributed by atoms with Crippen LogP contribution < -0.4 is 10.6 Å². The number of nitrogens with zero attached hydrogens (tertiary/aromatic N) is 3. The zero-order valence-corrected chi connectivity index (χ0v) is 23.4. The van der Waals surface area contributed by atoms with Gasteiger partial charge in [0, 0.05) is 38.3 Å². The molecule has 2 aromatic rings. The lowest BCUT2D eigenvalue weighted by atomic mass is 9.77. The van der Waals surface area contributed by atoms with Gasteiger partial charge in [0.25, 0.3) is 5.91 Å². The topological polar surface area (TPSA) is 121 Å². The molecule has 3 saturated heterocycles. The van der Waals surface area contributed by atoms with Crippen LogP contribution >= 0.6 is 11.3 Å². The van der Waals surface area contributed by atoms with E-state index in [-0.39, 0.29) is 30.2 Å². The van der Waals surface area contributed by atoms with Crippen molar-refractivity contribution in [1.29, 1.82) is 0 Å². The van der Waals surface area contributed by atoms with Crippen LogP contribution in [0.4, 0.5) is 9.80 Å². The second kappa shape index (κ2) is 10.7. The third kappa shape index (κ3) is 5.99. The molecule has 39 heavy (non-hydrogen) atoms. The van der Waals surface area contributed by atoms with E-state index in [1.54, 1.807) is 33.0 Å². The number of hydrogen-bond acceptors (Lipinski definition) is 8. The van der Waals surface area contributed by atoms with E-state index in [0.29, 0.717) is 30.2 Å². The Hall–Kier alpha value is -3.31. The lowest BCUT2D eigenvalue weighted by Crippen LogP contribution is -2.54. The SMILES string of the molecule is CC(C)(C)OC(=O)Nc1sc(-c2ccccn2)cc1C(=O)N1CCC(N2CCCC3(CC(=O)NC3=O)C2)CC1. The summed E-state index contributed by atoms with van der Waals surface area (Å²) in [4.78, 5) is 60.0. The van der Waals surface area contributed by atoms with E-state index >= 15 is 0 Å². The highest BCUT2D eigenvalue weighted by molar-refractivity contribution is 7.20. The number of anilines is 1. The molecule has 2 N–H and O–H groups in total. The van der Waals surface area contributed by atoms with Gasteiger partial charge in [0.15, 0.2) is 0 Å². The van der Waals surface area contributed by atoms with Gasteiger partial charge in [0.1, 0.15) is 10.6 Å². The van der Waals surface area contributed by atoms with E-state index in [4.69, 9.17) is 4.74 Å². The summed E-state index contributed by atoms with van der Waals surface area (Å²) < 4.78 is 5.43. The molecule has 0 bridgehead atoms. The van der Waals surface area contributed by atoms with E-state index in [2.05, 4.69) is 20.5 Å². The molecule has 0 radical (unpaired) electrons. The minimum atomic E-state index is -0.670. The number of thiophene rings is 1. The molecule has 5 rings (SSSR count). The summed E-state index contributed by atoms with van der Waals surface area (Å²) in [7, 11) is 0. The second-order valence-corrected chi connectivity index (χ2v) is 12.7. The number of imide groups is 1. The van der Waals surface area contributed by atoms with Gasteiger partial charge in [-0.05, 0) is 71.2 Å². The number of pyridine rings is 1. The molecule has 3 fully saturated rings. The first kappa shape index (κ1) is 27.3. The summed E-state index contributed by atoms with van der Waals surface area (Å²) >= 11 is 1.30. The van der Waals surface area contributed by atoms with Crippen LogP contribution in [0.15, 0.2) is 30.5 Å². The number of carbonyl (C=O) groups excluding carboxylic acids is 4. The highest BCUT2D eigenvalue weighted by Crippen LogP contribution is 2.39. The number of likely N-dealkylation sites (tertiary alicyclic amines) is 2. The van der Waals surface area contributed by atoms with Gasteiger partial charge in [0.2, 0.25) is 11.8 Å². The van der Waals surface area contributed by atoms with Crippen LogP contribution in [0.2, 0.25) is 0 Å². The Kier molecular flexibility index (Phi) is 7.47. The highest BCUT2D eigenvalue weighted by Gasteiger charge is 2.50. The molecule has 1 spiro atoms. The molecule has 0 aromatic carbocycles. The Morgan fingerprint density at radius 2 is 1.95 bits per heavy atom. The Balaban J connectivity index is 1.28. The minimum absolute atomic E-state index is 0.143. The lowest BCUT2D eigenvalue weighted by Gasteiger charge is -2.44. The van der Waals surface area contributed by atoms with Crippen molar-refractivity contribution < 1.29 is 23.9 Å². The van der Waals surface area contributed by atoms with Crippen molar-refractivity contribution in [2.24, 2.45) is 5.41 Å². The maximum atomic E-state index is 13.7. The maximum Gasteiger partial charge on any atom is 0.412 e. The number of aromatic nitrogens is 1. The lowest BCUT2D eigenvalue weighted by molar-refractivity contribution is -0.131. The van der Waals surface area contributed by atoms with Crippen LogP contribution in [-0.4, -0.2) is 76.4 Å². The molecular formula is C28H35N5O5S. The summed E-state index contributed by atoms with van der Waals surface area (Å²) in [5.74, 6) is -0.469. The van der Waals surface area contributed by atoms with Crippen LogP contribution in [0.3, 0.4) is 0 Å². The minimum Gasteiger partial charge on any atom is -0.444 e. The third-order valence-corrected chi connectivity index (χ3v) is 8.68. The molecule has 0 aliphatic carbocycles. The van der Waals surface area contributed by atoms with Gasteiger partial charge in [0.05, 0.1) is 21.5 Å². The fourth-order valence-electron chi connectivity index (χ4n) is 5.78. The summed E-state index contributed by atoms with van der Waals surface area (Å²) in [5, 5.41) is 5.70. The van der Waals surface area contributed by atoms with Crippen molar-refractivity contribution in [1.82, 2.24) is 20.1 Å². The Morgan fingerprint density at radius 3 is 2.59 bits per heavy atom. The van der Waals surface area contributed by atoms with Gasteiger partial charge in [-0.15, -0.1) is 11.3 Å². The molecule has 0 saturated carbocycles. The van der Waals surface area contributed by atoms with Gasteiger partial charge in [-0.2, -0.15) is 0 Å². The van der Waals surface area contributed by atoms with Gasteiger partial charge >= 0.3 is 6.09 Å². The predicted molar refractivity (Wildman–Crippen MR) is 147 cm³/mol. The summed E-state index contributed by atoms with van der Waals surface area (Å²) in [5.41, 5.74) is -0.135. The quantitative estimate of drug-likeness (QED) is 0.551. The molecule has 5 heterocycles. The van der Waals surface area contributed by atoms with Gasteiger partial charge in [-0.1, -0.05) is 6.07 Å². The smallest absolute Gasteiger partial charge is 0.412 e. The largest absolute Gasteiger partial charge is 0.444 e. The Morgan fingerprint density at radius 1 is 1.18 bits per heavy atom. The molecule has 3 aliphatic heterocycles. The van der Waals surface area contributed by atoms with Crippen molar-refractivity contribution in [3.63, 3.8) is 0 Å². The number of amides is 4. The van der Waals surface area contributed by atoms with Crippen molar-refractivity contribution in [2.75, 3.05) is 31.5 Å². The molecule has 10 nitrogen and oxygen atoms in total. The summed E-state index contributed by atoms with van der Waals surface area (Å²) in [6.07, 6.45) is 4.53. The first-order chi connectivity index (χ1) is 18.5. The third-order valence-electron chi connectivity index (χ3n) is 7.60. The number of ether oxygens (including phenoxy) is 1. The molecule has 208 valence electrons. The van der Waals surface area contributed by atoms with E-state index in [0.717, 1.165) is 42.8 Å². The molecule has 2 aromatic heterocycles. The van der Waals surface area contributed by atoms with E-state index in [1.165, 1.54) is 11.3 Å². The molecule has 1 atom stereocenters. The van der Waals surface area contributed by atoms with Crippen molar-refractivity contribution in [3.8, 4) is 10.6 Å². The standard InChI is InChI=1S/C28H35N5O5S/c1-27(2,3)38-26(37)31-23-19(15-21(39-23)20-7-4-5-11-29-20)24(35)32-13-8-18(9-14-32)33-12-6-10-28(17-33)16-22(34)30-25(28)36/h4-5,7,11,15,18H,6,8-10,12-14,16-17H2,1-3H3,(H,31,37)(H,30,34,36). The Bertz CT molecular complexity index is 1260. The van der Waals surface area contributed by atoms with Gasteiger partial charge < -0.3 is 9.64 Å². The normalized spacial score (nSPS) is 22.7. The zero-order valence-electron chi connectivity index (χ0n) is 22.6. The predicted octanol–water partition coefficient (Wildman–Crippen LogP) is 3.89. The number of hydrogen-bond donors (Lipinski definition) is 2. The maximum absolute atomic E-state index is 13.7. The van der Waals surface area contributed by atoms with E-state index in [9.17, 15) is 19.2 Å².